The zero-order valence-corrected chi connectivity index (χ0v) is 13.9. The highest BCUT2D eigenvalue weighted by molar-refractivity contribution is 5.86. The summed E-state index contributed by atoms with van der Waals surface area (Å²) >= 11 is 0. The van der Waals surface area contributed by atoms with Gasteiger partial charge in [0.25, 0.3) is 0 Å². The SMILES string of the molecule is C=C(C)C(=O)OCCOCCc1cccc(Oc2ccccc2)c1. The molecule has 0 radical (unpaired) electrons. The van der Waals surface area contributed by atoms with Gasteiger partial charge in [-0.25, -0.2) is 4.79 Å². The number of hydrogen-bond donors (Lipinski definition) is 0. The van der Waals surface area contributed by atoms with Crippen LogP contribution < -0.4 is 4.74 Å². The molecule has 0 aliphatic heterocycles. The maximum absolute atomic E-state index is 11.2. The molecular weight excluding hydrogens is 304 g/mol. The Morgan fingerprint density at radius 2 is 1.71 bits per heavy atom. The van der Waals surface area contributed by atoms with E-state index >= 15 is 0 Å². The van der Waals surface area contributed by atoms with Crippen molar-refractivity contribution >= 4 is 5.97 Å². The third-order valence-electron chi connectivity index (χ3n) is 3.22. The molecule has 0 unspecified atom stereocenters. The molecule has 0 heterocycles. The van der Waals surface area contributed by atoms with Crippen LogP contribution in [0, 0.1) is 0 Å². The number of carbonyl (C=O) groups excluding carboxylic acids is 1. The van der Waals surface area contributed by atoms with Gasteiger partial charge in [-0.15, -0.1) is 0 Å². The molecule has 0 fully saturated rings. The van der Waals surface area contributed by atoms with Gasteiger partial charge in [0.05, 0.1) is 13.2 Å². The molecule has 2 rings (SSSR count). The molecule has 0 bridgehead atoms. The molecule has 0 amide bonds. The van der Waals surface area contributed by atoms with E-state index in [1.54, 1.807) is 6.92 Å². The molecule has 126 valence electrons. The van der Waals surface area contributed by atoms with Gasteiger partial charge in [-0.05, 0) is 43.2 Å². The van der Waals surface area contributed by atoms with Crippen molar-refractivity contribution in [3.63, 3.8) is 0 Å². The van der Waals surface area contributed by atoms with Gasteiger partial charge in [0, 0.05) is 5.57 Å². The zero-order valence-electron chi connectivity index (χ0n) is 13.9. The summed E-state index contributed by atoms with van der Waals surface area (Å²) in [5, 5.41) is 0. The molecule has 2 aromatic rings. The number of hydrogen-bond acceptors (Lipinski definition) is 4. The van der Waals surface area contributed by atoms with Crippen molar-refractivity contribution in [1.29, 1.82) is 0 Å². The summed E-state index contributed by atoms with van der Waals surface area (Å²) < 4.78 is 16.2. The Morgan fingerprint density at radius 3 is 2.46 bits per heavy atom. The quantitative estimate of drug-likeness (QED) is 0.394. The first-order valence-corrected chi connectivity index (χ1v) is 7.87. The predicted molar refractivity (Wildman–Crippen MR) is 93.3 cm³/mol. The van der Waals surface area contributed by atoms with Crippen LogP contribution in [0.5, 0.6) is 11.5 Å². The minimum absolute atomic E-state index is 0.239. The summed E-state index contributed by atoms with van der Waals surface area (Å²) in [6, 6.07) is 17.6. The smallest absolute Gasteiger partial charge is 0.333 e. The van der Waals surface area contributed by atoms with Gasteiger partial charge in [0.2, 0.25) is 0 Å². The van der Waals surface area contributed by atoms with Gasteiger partial charge in [-0.2, -0.15) is 0 Å². The lowest BCUT2D eigenvalue weighted by molar-refractivity contribution is -0.140. The van der Waals surface area contributed by atoms with Crippen molar-refractivity contribution in [1.82, 2.24) is 0 Å². The Labute approximate surface area is 142 Å². The van der Waals surface area contributed by atoms with Crippen LogP contribution in [0.15, 0.2) is 66.7 Å². The normalized spacial score (nSPS) is 10.2. The van der Waals surface area contributed by atoms with Gasteiger partial charge < -0.3 is 14.2 Å². The van der Waals surface area contributed by atoms with Crippen molar-refractivity contribution in [3.8, 4) is 11.5 Å². The van der Waals surface area contributed by atoms with E-state index in [1.165, 1.54) is 0 Å². The lowest BCUT2D eigenvalue weighted by atomic mass is 10.1. The molecular formula is C20H22O4. The van der Waals surface area contributed by atoms with E-state index in [1.807, 2.05) is 54.6 Å². The van der Waals surface area contributed by atoms with Gasteiger partial charge in [-0.3, -0.25) is 0 Å². The Kier molecular flexibility index (Phi) is 7.05. The molecule has 4 nitrogen and oxygen atoms in total. The average molecular weight is 326 g/mol. The highest BCUT2D eigenvalue weighted by Crippen LogP contribution is 2.21. The van der Waals surface area contributed by atoms with Crippen molar-refractivity contribution in [2.45, 2.75) is 13.3 Å². The molecule has 0 atom stereocenters. The second-order valence-corrected chi connectivity index (χ2v) is 5.34. The summed E-state index contributed by atoms with van der Waals surface area (Å²) in [7, 11) is 0. The molecule has 0 saturated heterocycles. The molecule has 0 spiro atoms. The van der Waals surface area contributed by atoms with E-state index in [4.69, 9.17) is 14.2 Å². The Morgan fingerprint density at radius 1 is 0.958 bits per heavy atom. The van der Waals surface area contributed by atoms with E-state index in [0.717, 1.165) is 23.5 Å². The van der Waals surface area contributed by atoms with Crippen LogP contribution in [0.3, 0.4) is 0 Å². The zero-order chi connectivity index (χ0) is 17.2. The van der Waals surface area contributed by atoms with E-state index in [9.17, 15) is 4.79 Å². The average Bonchev–Trinajstić information content (AvgIpc) is 2.59. The summed E-state index contributed by atoms with van der Waals surface area (Å²) in [5.74, 6) is 1.23. The summed E-state index contributed by atoms with van der Waals surface area (Å²) in [6.07, 6.45) is 0.764. The van der Waals surface area contributed by atoms with Crippen molar-refractivity contribution in [3.05, 3.63) is 72.3 Å². The van der Waals surface area contributed by atoms with Crippen molar-refractivity contribution in [2.24, 2.45) is 0 Å². The first-order valence-electron chi connectivity index (χ1n) is 7.87. The molecule has 4 heteroatoms. The molecule has 0 aromatic heterocycles. The fourth-order valence-corrected chi connectivity index (χ4v) is 2.00. The van der Waals surface area contributed by atoms with E-state index in [-0.39, 0.29) is 12.6 Å². The number of para-hydroxylation sites is 1. The van der Waals surface area contributed by atoms with E-state index in [0.29, 0.717) is 18.8 Å². The van der Waals surface area contributed by atoms with Crippen LogP contribution in [0.4, 0.5) is 0 Å². The highest BCUT2D eigenvalue weighted by Gasteiger charge is 2.02. The summed E-state index contributed by atoms with van der Waals surface area (Å²) in [5.41, 5.74) is 1.52. The van der Waals surface area contributed by atoms with Gasteiger partial charge in [0.15, 0.2) is 0 Å². The Bertz CT molecular complexity index is 664. The minimum Gasteiger partial charge on any atom is -0.460 e. The summed E-state index contributed by atoms with van der Waals surface area (Å²) in [4.78, 5) is 11.2. The minimum atomic E-state index is -0.385. The topological polar surface area (TPSA) is 44.8 Å². The number of ether oxygens (including phenoxy) is 3. The van der Waals surface area contributed by atoms with Crippen LogP contribution in [0.25, 0.3) is 0 Å². The fourth-order valence-electron chi connectivity index (χ4n) is 2.00. The third kappa shape index (κ3) is 6.26. The van der Waals surface area contributed by atoms with Gasteiger partial charge >= 0.3 is 5.97 Å². The molecule has 0 N–H and O–H groups in total. The predicted octanol–water partition coefficient (Wildman–Crippen LogP) is 4.16. The maximum Gasteiger partial charge on any atom is 0.333 e. The second-order valence-electron chi connectivity index (χ2n) is 5.34. The third-order valence-corrected chi connectivity index (χ3v) is 3.22. The largest absolute Gasteiger partial charge is 0.460 e. The highest BCUT2D eigenvalue weighted by atomic mass is 16.6. The first kappa shape index (κ1) is 17.8. The number of benzene rings is 2. The number of carbonyl (C=O) groups is 1. The first-order chi connectivity index (χ1) is 11.6. The fraction of sp³-hybridized carbons (Fsp3) is 0.250. The second kappa shape index (κ2) is 9.53. The van der Waals surface area contributed by atoms with Gasteiger partial charge in [-0.1, -0.05) is 36.9 Å². The molecule has 0 aliphatic rings. The molecule has 2 aromatic carbocycles. The standard InChI is InChI=1S/C20H22O4/c1-16(2)20(21)23-14-13-22-12-11-17-7-6-10-19(15-17)24-18-8-4-3-5-9-18/h3-10,15H,1,11-14H2,2H3. The van der Waals surface area contributed by atoms with E-state index in [2.05, 4.69) is 6.58 Å². The van der Waals surface area contributed by atoms with Crippen LogP contribution in [0.2, 0.25) is 0 Å². The van der Waals surface area contributed by atoms with Crippen LogP contribution in [-0.2, 0) is 20.7 Å². The van der Waals surface area contributed by atoms with Crippen molar-refractivity contribution in [2.75, 3.05) is 19.8 Å². The monoisotopic (exact) mass is 326 g/mol. The van der Waals surface area contributed by atoms with Crippen LogP contribution in [0.1, 0.15) is 12.5 Å². The molecule has 0 saturated carbocycles. The van der Waals surface area contributed by atoms with Crippen LogP contribution >= 0.6 is 0 Å². The van der Waals surface area contributed by atoms with Crippen LogP contribution in [-0.4, -0.2) is 25.8 Å². The Hall–Kier alpha value is -2.59. The molecule has 0 aliphatic carbocycles. The van der Waals surface area contributed by atoms with Gasteiger partial charge in [0.1, 0.15) is 18.1 Å². The summed E-state index contributed by atoms with van der Waals surface area (Å²) in [6.45, 7) is 6.31. The lowest BCUT2D eigenvalue weighted by Crippen LogP contribution is -2.11. The maximum atomic E-state index is 11.2. The number of rotatable bonds is 9. The Balaban J connectivity index is 1.71. The number of esters is 1. The lowest BCUT2D eigenvalue weighted by Gasteiger charge is -2.08. The molecule has 24 heavy (non-hydrogen) atoms. The van der Waals surface area contributed by atoms with E-state index < -0.39 is 0 Å². The van der Waals surface area contributed by atoms with Crippen molar-refractivity contribution < 1.29 is 19.0 Å².